The minimum Gasteiger partial charge on any atom is -0.493 e. The lowest BCUT2D eigenvalue weighted by Gasteiger charge is -2.29. The van der Waals surface area contributed by atoms with Gasteiger partial charge in [-0.05, 0) is 30.2 Å². The van der Waals surface area contributed by atoms with E-state index in [0.717, 1.165) is 5.56 Å². The fourth-order valence-corrected chi connectivity index (χ4v) is 5.14. The lowest BCUT2D eigenvalue weighted by atomic mass is 10.1. The second kappa shape index (κ2) is 8.84. The van der Waals surface area contributed by atoms with Crippen LogP contribution in [0, 0.1) is 0 Å². The second-order valence-corrected chi connectivity index (χ2v) is 9.25. The number of sulfone groups is 1. The van der Waals surface area contributed by atoms with Gasteiger partial charge < -0.3 is 14.4 Å². The summed E-state index contributed by atoms with van der Waals surface area (Å²) in [6, 6.07) is 13.9. The van der Waals surface area contributed by atoms with E-state index in [1.54, 1.807) is 35.2 Å². The molecular formula is C20H22ClNO5S. The Morgan fingerprint density at radius 1 is 1.14 bits per heavy atom. The lowest BCUT2D eigenvalue weighted by Crippen LogP contribution is -2.43. The molecule has 1 heterocycles. The molecule has 0 N–H and O–H groups in total. The Morgan fingerprint density at radius 3 is 2.46 bits per heavy atom. The number of carbonyl (C=O) groups is 1. The summed E-state index contributed by atoms with van der Waals surface area (Å²) in [5.41, 5.74) is 0.763. The topological polar surface area (TPSA) is 72.9 Å². The van der Waals surface area contributed by atoms with Crippen LogP contribution in [0.2, 0.25) is 5.02 Å². The number of rotatable bonds is 7. The molecule has 1 atom stereocenters. The molecule has 1 aliphatic rings. The van der Waals surface area contributed by atoms with Gasteiger partial charge in [-0.3, -0.25) is 4.79 Å². The molecule has 150 valence electrons. The first-order valence-electron chi connectivity index (χ1n) is 8.89. The molecular weight excluding hydrogens is 402 g/mol. The van der Waals surface area contributed by atoms with E-state index in [9.17, 15) is 13.2 Å². The molecule has 0 aliphatic carbocycles. The maximum Gasteiger partial charge on any atom is 0.261 e. The van der Waals surface area contributed by atoms with E-state index in [-0.39, 0.29) is 30.6 Å². The quantitative estimate of drug-likeness (QED) is 0.684. The SMILES string of the molecule is COc1ccccc1OCC(=O)N(Cc1ccccc1Cl)[C@H]1CCS(=O)(=O)C1. The summed E-state index contributed by atoms with van der Waals surface area (Å²) in [4.78, 5) is 14.5. The molecule has 1 amide bonds. The number of ether oxygens (including phenoxy) is 2. The summed E-state index contributed by atoms with van der Waals surface area (Å²) in [6.45, 7) is 0.00928. The van der Waals surface area contributed by atoms with Crippen molar-refractivity contribution < 1.29 is 22.7 Å². The van der Waals surface area contributed by atoms with Crippen molar-refractivity contribution in [2.24, 2.45) is 0 Å². The molecule has 0 bridgehead atoms. The van der Waals surface area contributed by atoms with E-state index in [1.165, 1.54) is 7.11 Å². The van der Waals surface area contributed by atoms with Gasteiger partial charge in [-0.2, -0.15) is 0 Å². The number of methoxy groups -OCH3 is 1. The van der Waals surface area contributed by atoms with Gasteiger partial charge in [0.25, 0.3) is 5.91 Å². The zero-order valence-corrected chi connectivity index (χ0v) is 17.1. The predicted octanol–water partition coefficient (Wildman–Crippen LogP) is 2.94. The molecule has 1 aliphatic heterocycles. The number of hydrogen-bond acceptors (Lipinski definition) is 5. The van der Waals surface area contributed by atoms with Gasteiger partial charge in [-0.25, -0.2) is 8.42 Å². The summed E-state index contributed by atoms with van der Waals surface area (Å²) < 4.78 is 34.8. The van der Waals surface area contributed by atoms with Crippen molar-refractivity contribution >= 4 is 27.3 Å². The van der Waals surface area contributed by atoms with Gasteiger partial charge in [-0.1, -0.05) is 41.9 Å². The number of nitrogens with zero attached hydrogens (tertiary/aromatic N) is 1. The molecule has 0 spiro atoms. The highest BCUT2D eigenvalue weighted by atomic mass is 35.5. The van der Waals surface area contributed by atoms with Crippen LogP contribution in [0.3, 0.4) is 0 Å². The Hall–Kier alpha value is -2.25. The number of para-hydroxylation sites is 2. The van der Waals surface area contributed by atoms with Crippen molar-refractivity contribution in [1.29, 1.82) is 0 Å². The van der Waals surface area contributed by atoms with Gasteiger partial charge in [0.05, 0.1) is 18.6 Å². The number of hydrogen-bond donors (Lipinski definition) is 0. The van der Waals surface area contributed by atoms with Crippen molar-refractivity contribution in [1.82, 2.24) is 4.90 Å². The average Bonchev–Trinajstić information content (AvgIpc) is 3.05. The fourth-order valence-electron chi connectivity index (χ4n) is 3.21. The number of carbonyl (C=O) groups excluding carboxylic acids is 1. The maximum atomic E-state index is 13.0. The van der Waals surface area contributed by atoms with Crippen molar-refractivity contribution in [3.63, 3.8) is 0 Å². The monoisotopic (exact) mass is 423 g/mol. The largest absolute Gasteiger partial charge is 0.493 e. The summed E-state index contributed by atoms with van der Waals surface area (Å²) in [7, 11) is -1.62. The Labute approximate surface area is 169 Å². The van der Waals surface area contributed by atoms with Crippen molar-refractivity contribution in [3.8, 4) is 11.5 Å². The Kier molecular flexibility index (Phi) is 6.46. The second-order valence-electron chi connectivity index (χ2n) is 6.61. The van der Waals surface area contributed by atoms with Gasteiger partial charge in [0.1, 0.15) is 0 Å². The van der Waals surface area contributed by atoms with Crippen LogP contribution in [-0.2, 0) is 21.2 Å². The molecule has 28 heavy (non-hydrogen) atoms. The van der Waals surface area contributed by atoms with Crippen LogP contribution < -0.4 is 9.47 Å². The van der Waals surface area contributed by atoms with E-state index in [1.807, 2.05) is 18.2 Å². The molecule has 8 heteroatoms. The van der Waals surface area contributed by atoms with Gasteiger partial charge in [0, 0.05) is 17.6 Å². The third kappa shape index (κ3) is 4.97. The number of benzene rings is 2. The van der Waals surface area contributed by atoms with Gasteiger partial charge in [0.15, 0.2) is 27.9 Å². The molecule has 0 radical (unpaired) electrons. The van der Waals surface area contributed by atoms with Crippen LogP contribution in [0.15, 0.2) is 48.5 Å². The van der Waals surface area contributed by atoms with Crippen molar-refractivity contribution in [2.45, 2.75) is 19.0 Å². The first-order chi connectivity index (χ1) is 13.4. The van der Waals surface area contributed by atoms with E-state index in [0.29, 0.717) is 22.9 Å². The van der Waals surface area contributed by atoms with E-state index in [4.69, 9.17) is 21.1 Å². The predicted molar refractivity (Wildman–Crippen MR) is 108 cm³/mol. The fraction of sp³-hybridized carbons (Fsp3) is 0.350. The third-order valence-corrected chi connectivity index (χ3v) is 6.81. The molecule has 0 unspecified atom stereocenters. The zero-order chi connectivity index (χ0) is 20.1. The highest BCUT2D eigenvalue weighted by Gasteiger charge is 2.35. The highest BCUT2D eigenvalue weighted by molar-refractivity contribution is 7.91. The van der Waals surface area contributed by atoms with Gasteiger partial charge in [0.2, 0.25) is 0 Å². The molecule has 1 saturated heterocycles. The van der Waals surface area contributed by atoms with Crippen LogP contribution in [0.25, 0.3) is 0 Å². The summed E-state index contributed by atoms with van der Waals surface area (Å²) in [5.74, 6) is 0.717. The Balaban J connectivity index is 1.77. The normalized spacial score (nSPS) is 17.9. The first-order valence-corrected chi connectivity index (χ1v) is 11.1. The summed E-state index contributed by atoms with van der Waals surface area (Å²) in [5, 5.41) is 0.534. The summed E-state index contributed by atoms with van der Waals surface area (Å²) >= 11 is 6.24. The van der Waals surface area contributed by atoms with Crippen molar-refractivity contribution in [3.05, 3.63) is 59.1 Å². The summed E-state index contributed by atoms with van der Waals surface area (Å²) in [6.07, 6.45) is 0.410. The zero-order valence-electron chi connectivity index (χ0n) is 15.5. The first kappa shape index (κ1) is 20.5. The van der Waals surface area contributed by atoms with Crippen LogP contribution in [0.5, 0.6) is 11.5 Å². The van der Waals surface area contributed by atoms with Crippen LogP contribution in [-0.4, -0.2) is 50.5 Å². The lowest BCUT2D eigenvalue weighted by molar-refractivity contribution is -0.136. The Morgan fingerprint density at radius 2 is 1.82 bits per heavy atom. The minimum atomic E-state index is -3.14. The molecule has 1 fully saturated rings. The van der Waals surface area contributed by atoms with E-state index >= 15 is 0 Å². The average molecular weight is 424 g/mol. The molecule has 3 rings (SSSR count). The minimum absolute atomic E-state index is 0.0438. The van der Waals surface area contributed by atoms with Crippen LogP contribution >= 0.6 is 11.6 Å². The van der Waals surface area contributed by atoms with Gasteiger partial charge >= 0.3 is 0 Å². The third-order valence-electron chi connectivity index (χ3n) is 4.69. The van der Waals surface area contributed by atoms with Crippen LogP contribution in [0.4, 0.5) is 0 Å². The van der Waals surface area contributed by atoms with Crippen molar-refractivity contribution in [2.75, 3.05) is 25.2 Å². The number of halogens is 1. The molecule has 0 aromatic heterocycles. The molecule has 6 nitrogen and oxygen atoms in total. The van der Waals surface area contributed by atoms with E-state index < -0.39 is 15.9 Å². The smallest absolute Gasteiger partial charge is 0.261 e. The highest BCUT2D eigenvalue weighted by Crippen LogP contribution is 2.27. The maximum absolute atomic E-state index is 13.0. The molecule has 2 aromatic carbocycles. The standard InChI is InChI=1S/C20H22ClNO5S/c1-26-18-8-4-5-9-19(18)27-13-20(23)22(16-10-11-28(24,25)14-16)12-15-6-2-3-7-17(15)21/h2-9,16H,10-14H2,1H3/t16-/m0/s1. The number of amides is 1. The molecule has 0 saturated carbocycles. The Bertz CT molecular complexity index is 947. The van der Waals surface area contributed by atoms with E-state index in [2.05, 4.69) is 0 Å². The van der Waals surface area contributed by atoms with Gasteiger partial charge in [-0.15, -0.1) is 0 Å². The van der Waals surface area contributed by atoms with Crippen LogP contribution in [0.1, 0.15) is 12.0 Å². The molecule has 2 aromatic rings.